The van der Waals surface area contributed by atoms with Crippen LogP contribution in [0.5, 0.6) is 5.75 Å². The summed E-state index contributed by atoms with van der Waals surface area (Å²) < 4.78 is 18.9. The van der Waals surface area contributed by atoms with Gasteiger partial charge in [-0.25, -0.2) is 4.39 Å². The zero-order chi connectivity index (χ0) is 13.8. The number of aromatic nitrogens is 1. The second-order valence-corrected chi connectivity index (χ2v) is 4.65. The van der Waals surface area contributed by atoms with Crippen LogP contribution < -0.4 is 4.74 Å². The van der Waals surface area contributed by atoms with E-state index in [1.165, 1.54) is 6.07 Å². The summed E-state index contributed by atoms with van der Waals surface area (Å²) in [7, 11) is 3.59. The van der Waals surface area contributed by atoms with Crippen LogP contribution in [-0.4, -0.2) is 37.1 Å². The van der Waals surface area contributed by atoms with E-state index in [4.69, 9.17) is 4.74 Å². The molecule has 4 heteroatoms. The smallest absolute Gasteiger partial charge is 0.150 e. The second-order valence-electron chi connectivity index (χ2n) is 4.65. The number of likely N-dealkylation sites (N-methyl/N-ethyl adjacent to an activating group) is 1. The summed E-state index contributed by atoms with van der Waals surface area (Å²) in [5.41, 5.74) is 1.64. The van der Waals surface area contributed by atoms with Crippen molar-refractivity contribution in [3.8, 4) is 5.75 Å². The van der Waals surface area contributed by atoms with Gasteiger partial charge in [0.1, 0.15) is 5.75 Å². The molecule has 0 amide bonds. The zero-order valence-electron chi connectivity index (χ0n) is 11.4. The molecule has 0 saturated heterocycles. The van der Waals surface area contributed by atoms with Gasteiger partial charge in [0, 0.05) is 30.7 Å². The third kappa shape index (κ3) is 2.96. The van der Waals surface area contributed by atoms with Crippen LogP contribution >= 0.6 is 0 Å². The Balaban J connectivity index is 2.24. The minimum atomic E-state index is -0.278. The molecule has 0 unspecified atom stereocenters. The number of fused-ring (bicyclic) bond motifs is 1. The molecule has 0 atom stereocenters. The van der Waals surface area contributed by atoms with Crippen molar-refractivity contribution in [2.45, 2.75) is 6.42 Å². The SMILES string of the molecule is C=CCN(C)CCc1c[nH]c2c(F)cc(OC)cc12. The number of H-pyrrole nitrogens is 1. The van der Waals surface area contributed by atoms with Gasteiger partial charge in [0.15, 0.2) is 5.82 Å². The molecule has 1 heterocycles. The predicted molar refractivity (Wildman–Crippen MR) is 76.2 cm³/mol. The molecule has 2 rings (SSSR count). The summed E-state index contributed by atoms with van der Waals surface area (Å²) in [5, 5.41) is 0.892. The van der Waals surface area contributed by atoms with Gasteiger partial charge in [-0.1, -0.05) is 6.08 Å². The van der Waals surface area contributed by atoms with Crippen molar-refractivity contribution in [3.05, 3.63) is 42.4 Å². The number of nitrogens with zero attached hydrogens (tertiary/aromatic N) is 1. The molecule has 0 spiro atoms. The van der Waals surface area contributed by atoms with Gasteiger partial charge in [0.05, 0.1) is 12.6 Å². The van der Waals surface area contributed by atoms with Crippen LogP contribution in [0.4, 0.5) is 4.39 Å². The molecular formula is C15H19FN2O. The molecule has 0 bridgehead atoms. The summed E-state index contributed by atoms with van der Waals surface area (Å²) in [4.78, 5) is 5.16. The van der Waals surface area contributed by atoms with Gasteiger partial charge in [0.2, 0.25) is 0 Å². The normalized spacial score (nSPS) is 11.2. The molecule has 0 radical (unpaired) electrons. The van der Waals surface area contributed by atoms with Gasteiger partial charge >= 0.3 is 0 Å². The fourth-order valence-electron chi connectivity index (χ4n) is 2.17. The maximum absolute atomic E-state index is 13.8. The Labute approximate surface area is 112 Å². The summed E-state index contributed by atoms with van der Waals surface area (Å²) in [6.07, 6.45) is 4.60. The van der Waals surface area contributed by atoms with Crippen LogP contribution in [0.25, 0.3) is 10.9 Å². The molecule has 0 aliphatic rings. The van der Waals surface area contributed by atoms with Crippen molar-refractivity contribution >= 4 is 10.9 Å². The minimum Gasteiger partial charge on any atom is -0.497 e. The van der Waals surface area contributed by atoms with E-state index >= 15 is 0 Å². The highest BCUT2D eigenvalue weighted by Crippen LogP contribution is 2.26. The first-order valence-corrected chi connectivity index (χ1v) is 6.28. The van der Waals surface area contributed by atoms with Gasteiger partial charge in [-0.2, -0.15) is 0 Å². The maximum atomic E-state index is 13.8. The average Bonchev–Trinajstić information content (AvgIpc) is 2.80. The van der Waals surface area contributed by atoms with Gasteiger partial charge in [0.25, 0.3) is 0 Å². The minimum absolute atomic E-state index is 0.278. The number of ether oxygens (including phenoxy) is 1. The Hall–Kier alpha value is -1.81. The molecule has 0 fully saturated rings. The lowest BCUT2D eigenvalue weighted by molar-refractivity contribution is 0.376. The Kier molecular flexibility index (Phi) is 4.22. The van der Waals surface area contributed by atoms with E-state index in [9.17, 15) is 4.39 Å². The largest absolute Gasteiger partial charge is 0.497 e. The lowest BCUT2D eigenvalue weighted by atomic mass is 10.1. The van der Waals surface area contributed by atoms with Crippen LogP contribution in [0.15, 0.2) is 31.0 Å². The first kappa shape index (κ1) is 13.6. The number of hydrogen-bond acceptors (Lipinski definition) is 2. The fourth-order valence-corrected chi connectivity index (χ4v) is 2.17. The number of benzene rings is 1. The van der Waals surface area contributed by atoms with E-state index in [2.05, 4.69) is 16.5 Å². The van der Waals surface area contributed by atoms with E-state index in [0.29, 0.717) is 11.3 Å². The monoisotopic (exact) mass is 262 g/mol. The Morgan fingerprint density at radius 3 is 2.95 bits per heavy atom. The molecule has 3 nitrogen and oxygen atoms in total. The molecule has 2 aromatic rings. The lowest BCUT2D eigenvalue weighted by Crippen LogP contribution is -2.20. The van der Waals surface area contributed by atoms with E-state index in [1.807, 2.05) is 25.4 Å². The first-order valence-electron chi connectivity index (χ1n) is 6.28. The second kappa shape index (κ2) is 5.89. The highest BCUT2D eigenvalue weighted by molar-refractivity contribution is 5.85. The molecule has 102 valence electrons. The summed E-state index contributed by atoms with van der Waals surface area (Å²) in [6.45, 7) is 5.46. The van der Waals surface area contributed by atoms with Crippen LogP contribution in [0.2, 0.25) is 0 Å². The number of rotatable bonds is 6. The molecule has 0 saturated carbocycles. The molecule has 0 aliphatic carbocycles. The number of nitrogens with one attached hydrogen (secondary N) is 1. The van der Waals surface area contributed by atoms with Crippen LogP contribution in [-0.2, 0) is 6.42 Å². The van der Waals surface area contributed by atoms with Crippen molar-refractivity contribution in [3.63, 3.8) is 0 Å². The highest BCUT2D eigenvalue weighted by atomic mass is 19.1. The summed E-state index contributed by atoms with van der Waals surface area (Å²) in [6, 6.07) is 3.27. The number of hydrogen-bond donors (Lipinski definition) is 1. The van der Waals surface area contributed by atoms with Crippen molar-refractivity contribution < 1.29 is 9.13 Å². The van der Waals surface area contributed by atoms with E-state index in [1.54, 1.807) is 7.11 Å². The summed E-state index contributed by atoms with van der Waals surface area (Å²) >= 11 is 0. The Bertz CT molecular complexity index is 577. The van der Waals surface area contributed by atoms with Crippen molar-refractivity contribution in [1.29, 1.82) is 0 Å². The Morgan fingerprint density at radius 1 is 1.47 bits per heavy atom. The zero-order valence-corrected chi connectivity index (χ0v) is 11.4. The Morgan fingerprint density at radius 2 is 2.26 bits per heavy atom. The van der Waals surface area contributed by atoms with Crippen molar-refractivity contribution in [2.24, 2.45) is 0 Å². The van der Waals surface area contributed by atoms with E-state index < -0.39 is 0 Å². The average molecular weight is 262 g/mol. The van der Waals surface area contributed by atoms with Gasteiger partial charge in [-0.3, -0.25) is 0 Å². The molecule has 1 aromatic heterocycles. The summed E-state index contributed by atoms with van der Waals surface area (Å²) in [5.74, 6) is 0.269. The topological polar surface area (TPSA) is 28.3 Å². The molecular weight excluding hydrogens is 243 g/mol. The quantitative estimate of drug-likeness (QED) is 0.811. The molecule has 1 N–H and O–H groups in total. The van der Waals surface area contributed by atoms with Crippen molar-refractivity contribution in [1.82, 2.24) is 9.88 Å². The van der Waals surface area contributed by atoms with Crippen LogP contribution in [0.3, 0.4) is 0 Å². The van der Waals surface area contributed by atoms with Crippen LogP contribution in [0.1, 0.15) is 5.56 Å². The van der Waals surface area contributed by atoms with Gasteiger partial charge < -0.3 is 14.6 Å². The van der Waals surface area contributed by atoms with Crippen LogP contribution in [0, 0.1) is 5.82 Å². The third-order valence-corrected chi connectivity index (χ3v) is 3.24. The number of halogens is 1. The molecule has 0 aliphatic heterocycles. The number of methoxy groups -OCH3 is 1. The van der Waals surface area contributed by atoms with Gasteiger partial charge in [-0.05, 0) is 25.1 Å². The third-order valence-electron chi connectivity index (χ3n) is 3.24. The lowest BCUT2D eigenvalue weighted by Gasteiger charge is -2.13. The highest BCUT2D eigenvalue weighted by Gasteiger charge is 2.10. The molecule has 19 heavy (non-hydrogen) atoms. The van der Waals surface area contributed by atoms with E-state index in [-0.39, 0.29) is 5.82 Å². The van der Waals surface area contributed by atoms with Crippen molar-refractivity contribution in [2.75, 3.05) is 27.2 Å². The first-order chi connectivity index (χ1) is 9.15. The van der Waals surface area contributed by atoms with Gasteiger partial charge in [-0.15, -0.1) is 6.58 Å². The molecule has 1 aromatic carbocycles. The predicted octanol–water partition coefficient (Wildman–Crippen LogP) is 2.98. The maximum Gasteiger partial charge on any atom is 0.150 e. The van der Waals surface area contributed by atoms with E-state index in [0.717, 1.165) is 30.5 Å². The fraction of sp³-hybridized carbons (Fsp3) is 0.333. The number of aromatic amines is 1. The standard InChI is InChI=1S/C15H19FN2O/c1-4-6-18(2)7-5-11-10-17-15-13(11)8-12(19-3)9-14(15)16/h4,8-10,17H,1,5-7H2,2-3H3.